The highest BCUT2D eigenvalue weighted by Gasteiger charge is 2.07. The first-order valence-electron chi connectivity index (χ1n) is 6.68. The van der Waals surface area contributed by atoms with E-state index in [1.165, 1.54) is 16.5 Å². The summed E-state index contributed by atoms with van der Waals surface area (Å²) in [6.07, 6.45) is 3.62. The largest absolute Gasteiger partial charge is 0.359 e. The van der Waals surface area contributed by atoms with E-state index in [9.17, 15) is 4.79 Å². The van der Waals surface area contributed by atoms with E-state index in [2.05, 4.69) is 45.7 Å². The molecule has 0 atom stereocenters. The highest BCUT2D eigenvalue weighted by Crippen LogP contribution is 2.21. The van der Waals surface area contributed by atoms with Crippen molar-refractivity contribution in [2.24, 2.45) is 0 Å². The SMILES string of the molecule is CNCc1cn(CCCC(=O)NC)c2ccccc12. The smallest absolute Gasteiger partial charge is 0.219 e. The van der Waals surface area contributed by atoms with Gasteiger partial charge in [0, 0.05) is 43.7 Å². The minimum absolute atomic E-state index is 0.104. The van der Waals surface area contributed by atoms with Crippen LogP contribution in [0.25, 0.3) is 10.9 Å². The number of para-hydroxylation sites is 1. The molecule has 2 N–H and O–H groups in total. The highest BCUT2D eigenvalue weighted by atomic mass is 16.1. The first-order valence-corrected chi connectivity index (χ1v) is 6.68. The number of rotatable bonds is 6. The van der Waals surface area contributed by atoms with Gasteiger partial charge in [0.1, 0.15) is 0 Å². The van der Waals surface area contributed by atoms with Crippen molar-refractivity contribution in [1.82, 2.24) is 15.2 Å². The van der Waals surface area contributed by atoms with Gasteiger partial charge in [-0.1, -0.05) is 18.2 Å². The molecule has 0 unspecified atom stereocenters. The van der Waals surface area contributed by atoms with Crippen LogP contribution >= 0.6 is 0 Å². The van der Waals surface area contributed by atoms with Gasteiger partial charge in [0.25, 0.3) is 0 Å². The number of carbonyl (C=O) groups is 1. The fourth-order valence-corrected chi connectivity index (χ4v) is 2.37. The van der Waals surface area contributed by atoms with Crippen molar-refractivity contribution in [1.29, 1.82) is 0 Å². The van der Waals surface area contributed by atoms with Crippen molar-refractivity contribution in [2.45, 2.75) is 25.9 Å². The Morgan fingerprint density at radius 1 is 1.26 bits per heavy atom. The van der Waals surface area contributed by atoms with Gasteiger partial charge in [-0.05, 0) is 25.1 Å². The number of hydrogen-bond acceptors (Lipinski definition) is 2. The van der Waals surface area contributed by atoms with E-state index in [1.807, 2.05) is 7.05 Å². The van der Waals surface area contributed by atoms with Crippen molar-refractivity contribution in [3.63, 3.8) is 0 Å². The third-order valence-corrected chi connectivity index (χ3v) is 3.32. The van der Waals surface area contributed by atoms with Crippen LogP contribution in [-0.4, -0.2) is 24.6 Å². The van der Waals surface area contributed by atoms with Gasteiger partial charge in [-0.25, -0.2) is 0 Å². The Kier molecular flexibility index (Phi) is 4.58. The number of carbonyl (C=O) groups excluding carboxylic acids is 1. The van der Waals surface area contributed by atoms with Crippen molar-refractivity contribution >= 4 is 16.8 Å². The summed E-state index contributed by atoms with van der Waals surface area (Å²) in [4.78, 5) is 11.2. The molecule has 1 amide bonds. The van der Waals surface area contributed by atoms with Gasteiger partial charge in [-0.2, -0.15) is 0 Å². The summed E-state index contributed by atoms with van der Waals surface area (Å²) >= 11 is 0. The fraction of sp³-hybridized carbons (Fsp3) is 0.400. The number of amides is 1. The molecule has 0 spiro atoms. The van der Waals surface area contributed by atoms with Crippen LogP contribution in [0.3, 0.4) is 0 Å². The van der Waals surface area contributed by atoms with Crippen LogP contribution < -0.4 is 10.6 Å². The first kappa shape index (κ1) is 13.6. The van der Waals surface area contributed by atoms with E-state index in [4.69, 9.17) is 0 Å². The predicted octanol–water partition coefficient (Wildman–Crippen LogP) is 1.89. The summed E-state index contributed by atoms with van der Waals surface area (Å²) in [6, 6.07) is 8.41. The number of nitrogens with zero attached hydrogens (tertiary/aromatic N) is 1. The lowest BCUT2D eigenvalue weighted by atomic mass is 10.2. The van der Waals surface area contributed by atoms with Crippen molar-refractivity contribution < 1.29 is 4.79 Å². The second-order valence-electron chi connectivity index (χ2n) is 4.67. The van der Waals surface area contributed by atoms with E-state index >= 15 is 0 Å². The van der Waals surface area contributed by atoms with Gasteiger partial charge in [0.15, 0.2) is 0 Å². The Balaban J connectivity index is 2.16. The van der Waals surface area contributed by atoms with Crippen LogP contribution in [0.1, 0.15) is 18.4 Å². The predicted molar refractivity (Wildman–Crippen MR) is 78.0 cm³/mol. The average Bonchev–Trinajstić information content (AvgIpc) is 2.78. The van der Waals surface area contributed by atoms with Gasteiger partial charge in [0.2, 0.25) is 5.91 Å². The van der Waals surface area contributed by atoms with Crippen LogP contribution in [0.15, 0.2) is 30.5 Å². The Morgan fingerprint density at radius 2 is 2.05 bits per heavy atom. The van der Waals surface area contributed by atoms with Crippen LogP contribution in [0, 0.1) is 0 Å². The quantitative estimate of drug-likeness (QED) is 0.832. The molecule has 0 fully saturated rings. The number of aromatic nitrogens is 1. The van der Waals surface area contributed by atoms with Crippen molar-refractivity contribution in [3.8, 4) is 0 Å². The Labute approximate surface area is 113 Å². The summed E-state index contributed by atoms with van der Waals surface area (Å²) in [7, 11) is 3.64. The number of hydrogen-bond donors (Lipinski definition) is 2. The summed E-state index contributed by atoms with van der Waals surface area (Å²) in [5, 5.41) is 7.14. The molecule has 0 saturated heterocycles. The van der Waals surface area contributed by atoms with Crippen LogP contribution in [0.4, 0.5) is 0 Å². The summed E-state index contributed by atoms with van der Waals surface area (Å²) < 4.78 is 2.24. The van der Waals surface area contributed by atoms with E-state index in [0.717, 1.165) is 19.5 Å². The molecule has 2 rings (SSSR count). The molecule has 1 heterocycles. The van der Waals surface area contributed by atoms with E-state index in [-0.39, 0.29) is 5.91 Å². The standard InChI is InChI=1S/C15H21N3O/c1-16-10-12-11-18(9-5-8-15(19)17-2)14-7-4-3-6-13(12)14/h3-4,6-7,11,16H,5,8-10H2,1-2H3,(H,17,19). The molecule has 0 aliphatic heterocycles. The summed E-state index contributed by atoms with van der Waals surface area (Å²) in [5.41, 5.74) is 2.54. The summed E-state index contributed by atoms with van der Waals surface area (Å²) in [6.45, 7) is 1.74. The van der Waals surface area contributed by atoms with E-state index in [0.29, 0.717) is 6.42 Å². The number of fused-ring (bicyclic) bond motifs is 1. The molecule has 19 heavy (non-hydrogen) atoms. The van der Waals surface area contributed by atoms with Gasteiger partial charge >= 0.3 is 0 Å². The zero-order chi connectivity index (χ0) is 13.7. The van der Waals surface area contributed by atoms with Gasteiger partial charge in [-0.3, -0.25) is 4.79 Å². The zero-order valence-corrected chi connectivity index (χ0v) is 11.6. The lowest BCUT2D eigenvalue weighted by molar-refractivity contribution is -0.120. The Morgan fingerprint density at radius 3 is 2.79 bits per heavy atom. The highest BCUT2D eigenvalue weighted by molar-refractivity contribution is 5.84. The van der Waals surface area contributed by atoms with Crippen LogP contribution in [-0.2, 0) is 17.9 Å². The van der Waals surface area contributed by atoms with Crippen LogP contribution in [0.5, 0.6) is 0 Å². The number of benzene rings is 1. The minimum atomic E-state index is 0.104. The maximum atomic E-state index is 11.2. The number of aryl methyl sites for hydroxylation is 1. The average molecular weight is 259 g/mol. The second-order valence-corrected chi connectivity index (χ2v) is 4.67. The second kappa shape index (κ2) is 6.38. The monoisotopic (exact) mass is 259 g/mol. The molecule has 0 aliphatic rings. The first-order chi connectivity index (χ1) is 9.26. The van der Waals surface area contributed by atoms with Crippen molar-refractivity contribution in [2.75, 3.05) is 14.1 Å². The van der Waals surface area contributed by atoms with Crippen molar-refractivity contribution in [3.05, 3.63) is 36.0 Å². The molecule has 0 aliphatic carbocycles. The maximum Gasteiger partial charge on any atom is 0.219 e. The summed E-state index contributed by atoms with van der Waals surface area (Å²) in [5.74, 6) is 0.104. The molecule has 1 aromatic carbocycles. The molecule has 0 radical (unpaired) electrons. The van der Waals surface area contributed by atoms with E-state index in [1.54, 1.807) is 7.05 Å². The molecule has 0 bridgehead atoms. The van der Waals surface area contributed by atoms with E-state index < -0.39 is 0 Å². The molecular weight excluding hydrogens is 238 g/mol. The lowest BCUT2D eigenvalue weighted by Crippen LogP contribution is -2.17. The third kappa shape index (κ3) is 3.15. The lowest BCUT2D eigenvalue weighted by Gasteiger charge is -2.04. The van der Waals surface area contributed by atoms with Gasteiger partial charge in [-0.15, -0.1) is 0 Å². The molecule has 4 heteroatoms. The Hall–Kier alpha value is -1.81. The minimum Gasteiger partial charge on any atom is -0.359 e. The number of nitrogens with one attached hydrogen (secondary N) is 2. The molecular formula is C15H21N3O. The maximum absolute atomic E-state index is 11.2. The molecule has 4 nitrogen and oxygen atoms in total. The third-order valence-electron chi connectivity index (χ3n) is 3.32. The Bertz CT molecular complexity index is 560. The zero-order valence-electron chi connectivity index (χ0n) is 11.6. The topological polar surface area (TPSA) is 46.1 Å². The molecule has 2 aromatic rings. The van der Waals surface area contributed by atoms with Gasteiger partial charge in [0.05, 0.1) is 0 Å². The molecule has 102 valence electrons. The van der Waals surface area contributed by atoms with Crippen LogP contribution in [0.2, 0.25) is 0 Å². The fourth-order valence-electron chi connectivity index (χ4n) is 2.37. The van der Waals surface area contributed by atoms with Gasteiger partial charge < -0.3 is 15.2 Å². The molecule has 1 aromatic heterocycles. The normalized spacial score (nSPS) is 10.8. The molecule has 0 saturated carbocycles.